The number of hydrogen-bond donors (Lipinski definition) is 1. The second-order valence-corrected chi connectivity index (χ2v) is 4.93. The molecule has 1 aromatic heterocycles. The Morgan fingerprint density at radius 2 is 2.10 bits per heavy atom. The van der Waals surface area contributed by atoms with Crippen LogP contribution in [-0.4, -0.2) is 32.5 Å². The Bertz CT molecular complexity index is 538. The summed E-state index contributed by atoms with van der Waals surface area (Å²) in [5.41, 5.74) is 2.34. The van der Waals surface area contributed by atoms with Crippen LogP contribution in [0.15, 0.2) is 47.1 Å². The number of nitrogens with one attached hydrogen (secondary N) is 1. The van der Waals surface area contributed by atoms with Crippen LogP contribution in [0.5, 0.6) is 0 Å². The molecule has 1 saturated heterocycles. The van der Waals surface area contributed by atoms with E-state index in [0.29, 0.717) is 13.2 Å². The van der Waals surface area contributed by atoms with Crippen molar-refractivity contribution in [3.05, 3.63) is 48.2 Å². The minimum Gasteiger partial charge on any atom is -0.464 e. The van der Waals surface area contributed by atoms with Crippen LogP contribution < -0.4 is 5.32 Å². The lowest BCUT2D eigenvalue weighted by atomic mass is 10.0. The molecule has 2 aromatic rings. The van der Waals surface area contributed by atoms with Gasteiger partial charge in [-0.15, -0.1) is 0 Å². The van der Waals surface area contributed by atoms with Gasteiger partial charge in [0.25, 0.3) is 0 Å². The third-order valence-electron chi connectivity index (χ3n) is 3.69. The summed E-state index contributed by atoms with van der Waals surface area (Å²) in [6.07, 6.45) is 1.83. The summed E-state index contributed by atoms with van der Waals surface area (Å²) >= 11 is 0. The smallest absolute Gasteiger partial charge is 0.134 e. The molecule has 20 heavy (non-hydrogen) atoms. The van der Waals surface area contributed by atoms with Crippen molar-refractivity contribution in [1.29, 1.82) is 0 Å². The lowest BCUT2D eigenvalue weighted by Gasteiger charge is -2.18. The molecule has 0 amide bonds. The van der Waals surface area contributed by atoms with E-state index in [1.54, 1.807) is 13.4 Å². The first-order chi connectivity index (χ1) is 9.88. The van der Waals surface area contributed by atoms with Crippen molar-refractivity contribution in [2.45, 2.75) is 18.7 Å². The number of rotatable bonds is 5. The molecule has 0 aliphatic carbocycles. The lowest BCUT2D eigenvalue weighted by Crippen LogP contribution is -2.39. The Morgan fingerprint density at radius 1 is 1.20 bits per heavy atom. The van der Waals surface area contributed by atoms with Crippen LogP contribution in [0, 0.1) is 0 Å². The van der Waals surface area contributed by atoms with E-state index in [1.807, 2.05) is 24.3 Å². The maximum absolute atomic E-state index is 5.50. The number of hydrogen-bond acceptors (Lipinski definition) is 4. The molecular formula is C16H19NO3. The Hall–Kier alpha value is -1.62. The maximum Gasteiger partial charge on any atom is 0.134 e. The average molecular weight is 273 g/mol. The van der Waals surface area contributed by atoms with Gasteiger partial charge in [-0.3, -0.25) is 0 Å². The summed E-state index contributed by atoms with van der Waals surface area (Å²) in [6, 6.07) is 12.4. The Morgan fingerprint density at radius 3 is 2.90 bits per heavy atom. The van der Waals surface area contributed by atoms with Crippen molar-refractivity contribution in [2.24, 2.45) is 0 Å². The first kappa shape index (κ1) is 13.4. The SMILES string of the molecule is CO[C@H]1COC[C@@H]1NCc1ccccc1-c1ccco1. The summed E-state index contributed by atoms with van der Waals surface area (Å²) in [5.74, 6) is 0.897. The number of furan rings is 1. The topological polar surface area (TPSA) is 43.6 Å². The van der Waals surface area contributed by atoms with Gasteiger partial charge in [0.1, 0.15) is 5.76 Å². The molecule has 1 aliphatic rings. The van der Waals surface area contributed by atoms with Crippen LogP contribution in [0.4, 0.5) is 0 Å². The van der Waals surface area contributed by atoms with E-state index in [4.69, 9.17) is 13.9 Å². The molecule has 1 fully saturated rings. The predicted octanol–water partition coefficient (Wildman–Crippen LogP) is 2.45. The zero-order chi connectivity index (χ0) is 13.8. The largest absolute Gasteiger partial charge is 0.464 e. The van der Waals surface area contributed by atoms with Crippen molar-refractivity contribution in [1.82, 2.24) is 5.32 Å². The van der Waals surface area contributed by atoms with E-state index >= 15 is 0 Å². The summed E-state index contributed by atoms with van der Waals surface area (Å²) in [6.45, 7) is 2.13. The van der Waals surface area contributed by atoms with Gasteiger partial charge in [0, 0.05) is 19.2 Å². The fourth-order valence-electron chi connectivity index (χ4n) is 2.55. The molecule has 0 saturated carbocycles. The molecule has 1 aromatic carbocycles. The Labute approximate surface area is 118 Å². The highest BCUT2D eigenvalue weighted by molar-refractivity contribution is 5.61. The highest BCUT2D eigenvalue weighted by Gasteiger charge is 2.27. The molecule has 4 nitrogen and oxygen atoms in total. The van der Waals surface area contributed by atoms with Crippen LogP contribution in [0.2, 0.25) is 0 Å². The molecule has 1 N–H and O–H groups in total. The molecule has 3 rings (SSSR count). The van der Waals surface area contributed by atoms with Crippen molar-refractivity contribution in [2.75, 3.05) is 20.3 Å². The van der Waals surface area contributed by atoms with Gasteiger partial charge in [-0.1, -0.05) is 24.3 Å². The molecule has 1 aliphatic heterocycles. The van der Waals surface area contributed by atoms with Gasteiger partial charge in [-0.05, 0) is 17.7 Å². The normalized spacial score (nSPS) is 22.2. The fraction of sp³-hybridized carbons (Fsp3) is 0.375. The van der Waals surface area contributed by atoms with Crippen molar-refractivity contribution < 1.29 is 13.9 Å². The summed E-state index contributed by atoms with van der Waals surface area (Å²) in [5, 5.41) is 3.51. The molecule has 0 bridgehead atoms. The van der Waals surface area contributed by atoms with E-state index < -0.39 is 0 Å². The molecule has 4 heteroatoms. The first-order valence-corrected chi connectivity index (χ1v) is 6.84. The van der Waals surface area contributed by atoms with Crippen LogP contribution >= 0.6 is 0 Å². The highest BCUT2D eigenvalue weighted by Crippen LogP contribution is 2.24. The Balaban J connectivity index is 1.72. The maximum atomic E-state index is 5.50. The molecule has 2 heterocycles. The van der Waals surface area contributed by atoms with Crippen molar-refractivity contribution >= 4 is 0 Å². The monoisotopic (exact) mass is 273 g/mol. The first-order valence-electron chi connectivity index (χ1n) is 6.84. The quantitative estimate of drug-likeness (QED) is 0.908. The van der Waals surface area contributed by atoms with Crippen molar-refractivity contribution in [3.8, 4) is 11.3 Å². The number of benzene rings is 1. The van der Waals surface area contributed by atoms with Crippen LogP contribution in [-0.2, 0) is 16.0 Å². The summed E-state index contributed by atoms with van der Waals surface area (Å²) < 4.78 is 16.4. The van der Waals surface area contributed by atoms with Gasteiger partial charge < -0.3 is 19.2 Å². The molecule has 0 spiro atoms. The molecule has 0 radical (unpaired) electrons. The van der Waals surface area contributed by atoms with E-state index in [9.17, 15) is 0 Å². The van der Waals surface area contributed by atoms with E-state index in [2.05, 4.69) is 17.4 Å². The minimum atomic E-state index is 0.130. The standard InChI is InChI=1S/C16H19NO3/c1-18-16-11-19-10-14(16)17-9-12-5-2-3-6-13(12)15-7-4-8-20-15/h2-8,14,16-17H,9-11H2,1H3/t14-,16-/m0/s1. The molecule has 0 unspecified atom stereocenters. The Kier molecular flexibility index (Phi) is 4.16. The van der Waals surface area contributed by atoms with Gasteiger partial charge >= 0.3 is 0 Å². The fourth-order valence-corrected chi connectivity index (χ4v) is 2.55. The molecule has 106 valence electrons. The molecule has 2 atom stereocenters. The predicted molar refractivity (Wildman–Crippen MR) is 76.4 cm³/mol. The third kappa shape index (κ3) is 2.77. The van der Waals surface area contributed by atoms with Gasteiger partial charge in [-0.2, -0.15) is 0 Å². The van der Waals surface area contributed by atoms with Gasteiger partial charge in [0.15, 0.2) is 0 Å². The van der Waals surface area contributed by atoms with Crippen molar-refractivity contribution in [3.63, 3.8) is 0 Å². The second kappa shape index (κ2) is 6.22. The lowest BCUT2D eigenvalue weighted by molar-refractivity contribution is 0.0732. The second-order valence-electron chi connectivity index (χ2n) is 4.93. The minimum absolute atomic E-state index is 0.130. The van der Waals surface area contributed by atoms with Gasteiger partial charge in [0.05, 0.1) is 31.6 Å². The zero-order valence-corrected chi connectivity index (χ0v) is 11.5. The number of ether oxygens (including phenoxy) is 2. The van der Waals surface area contributed by atoms with Gasteiger partial charge in [-0.25, -0.2) is 0 Å². The van der Waals surface area contributed by atoms with Crippen LogP contribution in [0.25, 0.3) is 11.3 Å². The van der Waals surface area contributed by atoms with Gasteiger partial charge in [0.2, 0.25) is 0 Å². The summed E-state index contributed by atoms with van der Waals surface area (Å²) in [4.78, 5) is 0. The molecular weight excluding hydrogens is 254 g/mol. The van der Waals surface area contributed by atoms with Crippen LogP contribution in [0.1, 0.15) is 5.56 Å². The van der Waals surface area contributed by atoms with E-state index in [-0.39, 0.29) is 12.1 Å². The zero-order valence-electron chi connectivity index (χ0n) is 11.5. The average Bonchev–Trinajstić information content (AvgIpc) is 3.16. The summed E-state index contributed by atoms with van der Waals surface area (Å²) in [7, 11) is 1.73. The van der Waals surface area contributed by atoms with Crippen LogP contribution in [0.3, 0.4) is 0 Å². The van der Waals surface area contributed by atoms with E-state index in [1.165, 1.54) is 5.56 Å². The van der Waals surface area contributed by atoms with E-state index in [0.717, 1.165) is 17.9 Å². The highest BCUT2D eigenvalue weighted by atomic mass is 16.5. The number of methoxy groups -OCH3 is 1. The third-order valence-corrected chi connectivity index (χ3v) is 3.69.